The molecule has 0 spiro atoms. The summed E-state index contributed by atoms with van der Waals surface area (Å²) in [5.41, 5.74) is 4.39. The van der Waals surface area contributed by atoms with Crippen molar-refractivity contribution in [2.75, 3.05) is 13.1 Å². The molecule has 0 N–H and O–H groups in total. The molecule has 1 unspecified atom stereocenters. The maximum atomic E-state index is 13.0. The van der Waals surface area contributed by atoms with Gasteiger partial charge in [0.05, 0.1) is 4.90 Å². The Balaban J connectivity index is 1.89. The number of aryl methyl sites for hydroxylation is 2. The lowest BCUT2D eigenvalue weighted by atomic mass is 9.89. The summed E-state index contributed by atoms with van der Waals surface area (Å²) in [7, 11) is -3.49. The van der Waals surface area contributed by atoms with Crippen LogP contribution < -0.4 is 0 Å². The van der Waals surface area contributed by atoms with Gasteiger partial charge in [0, 0.05) is 19.0 Å². The van der Waals surface area contributed by atoms with Crippen LogP contribution in [0.4, 0.5) is 0 Å². The monoisotopic (exact) mass is 341 g/mol. The SMILES string of the molecule is C=C1CC(c2ccc(C)cc2)CN(S(=O)(=O)c2ccc(C)cc2)C1. The van der Waals surface area contributed by atoms with Crippen LogP contribution in [-0.2, 0) is 10.0 Å². The maximum Gasteiger partial charge on any atom is 0.243 e. The number of hydrogen-bond acceptors (Lipinski definition) is 2. The van der Waals surface area contributed by atoms with E-state index in [2.05, 4.69) is 37.8 Å². The van der Waals surface area contributed by atoms with Crippen molar-refractivity contribution in [3.05, 3.63) is 77.4 Å². The van der Waals surface area contributed by atoms with Gasteiger partial charge in [0.2, 0.25) is 10.0 Å². The molecule has 24 heavy (non-hydrogen) atoms. The van der Waals surface area contributed by atoms with Crippen LogP contribution in [0.5, 0.6) is 0 Å². The minimum atomic E-state index is -3.49. The Hall–Kier alpha value is -1.91. The molecule has 1 atom stereocenters. The fourth-order valence-corrected chi connectivity index (χ4v) is 4.65. The van der Waals surface area contributed by atoms with E-state index in [1.807, 2.05) is 19.1 Å². The van der Waals surface area contributed by atoms with Crippen LogP contribution in [0.2, 0.25) is 0 Å². The van der Waals surface area contributed by atoms with Gasteiger partial charge in [0.15, 0.2) is 0 Å². The molecule has 2 aromatic rings. The minimum absolute atomic E-state index is 0.159. The highest BCUT2D eigenvalue weighted by Gasteiger charge is 2.32. The summed E-state index contributed by atoms with van der Waals surface area (Å²) in [6.45, 7) is 8.98. The Labute approximate surface area is 144 Å². The lowest BCUT2D eigenvalue weighted by molar-refractivity contribution is 0.365. The van der Waals surface area contributed by atoms with Crippen LogP contribution in [0.3, 0.4) is 0 Å². The first-order chi connectivity index (χ1) is 11.4. The van der Waals surface area contributed by atoms with Crippen molar-refractivity contribution in [3.63, 3.8) is 0 Å². The lowest BCUT2D eigenvalue weighted by Crippen LogP contribution is -2.40. The summed E-state index contributed by atoms with van der Waals surface area (Å²) in [5.74, 6) is 0.159. The van der Waals surface area contributed by atoms with Crippen LogP contribution in [-0.4, -0.2) is 25.8 Å². The van der Waals surface area contributed by atoms with E-state index in [9.17, 15) is 8.42 Å². The minimum Gasteiger partial charge on any atom is -0.207 e. The molecule has 0 bridgehead atoms. The van der Waals surface area contributed by atoms with Crippen LogP contribution in [0, 0.1) is 13.8 Å². The van der Waals surface area contributed by atoms with Crippen molar-refractivity contribution in [2.24, 2.45) is 0 Å². The summed E-state index contributed by atoms with van der Waals surface area (Å²) in [6, 6.07) is 15.4. The van der Waals surface area contributed by atoms with Crippen LogP contribution >= 0.6 is 0 Å². The third-order valence-corrected chi connectivity index (χ3v) is 6.39. The summed E-state index contributed by atoms with van der Waals surface area (Å²) in [5, 5.41) is 0. The molecule has 0 amide bonds. The molecule has 2 aromatic carbocycles. The Morgan fingerprint density at radius 2 is 1.50 bits per heavy atom. The Bertz CT molecular complexity index is 836. The predicted octanol–water partition coefficient (Wildman–Crippen LogP) is 4.04. The molecule has 1 aliphatic rings. The lowest BCUT2D eigenvalue weighted by Gasteiger charge is -2.33. The molecule has 3 rings (SSSR count). The van der Waals surface area contributed by atoms with Gasteiger partial charge in [-0.25, -0.2) is 8.42 Å². The average Bonchev–Trinajstić information content (AvgIpc) is 2.55. The molecule has 1 aliphatic heterocycles. The van der Waals surface area contributed by atoms with Gasteiger partial charge in [-0.1, -0.05) is 59.7 Å². The summed E-state index contributed by atoms with van der Waals surface area (Å²) in [6.07, 6.45) is 0.836. The van der Waals surface area contributed by atoms with Crippen molar-refractivity contribution in [1.29, 1.82) is 0 Å². The van der Waals surface area contributed by atoms with Gasteiger partial charge in [-0.2, -0.15) is 4.31 Å². The van der Waals surface area contributed by atoms with Gasteiger partial charge in [0.1, 0.15) is 0 Å². The van der Waals surface area contributed by atoms with Crippen LogP contribution in [0.1, 0.15) is 29.0 Å². The molecule has 3 nitrogen and oxygen atoms in total. The van der Waals surface area contributed by atoms with E-state index in [0.29, 0.717) is 18.0 Å². The first-order valence-electron chi connectivity index (χ1n) is 8.16. The second-order valence-corrected chi connectivity index (χ2v) is 8.61. The van der Waals surface area contributed by atoms with Crippen molar-refractivity contribution in [3.8, 4) is 0 Å². The van der Waals surface area contributed by atoms with Crippen molar-refractivity contribution in [1.82, 2.24) is 4.31 Å². The Morgan fingerprint density at radius 3 is 2.08 bits per heavy atom. The zero-order valence-electron chi connectivity index (χ0n) is 14.2. The normalized spacial score (nSPS) is 19.4. The number of hydrogen-bond donors (Lipinski definition) is 0. The molecule has 0 radical (unpaired) electrons. The predicted molar refractivity (Wildman–Crippen MR) is 97.6 cm³/mol. The average molecular weight is 341 g/mol. The molecule has 0 saturated carbocycles. The highest BCUT2D eigenvalue weighted by molar-refractivity contribution is 7.89. The molecular weight excluding hydrogens is 318 g/mol. The van der Waals surface area contributed by atoms with Gasteiger partial charge in [-0.3, -0.25) is 0 Å². The zero-order valence-corrected chi connectivity index (χ0v) is 15.0. The van der Waals surface area contributed by atoms with Gasteiger partial charge in [-0.05, 0) is 38.0 Å². The highest BCUT2D eigenvalue weighted by atomic mass is 32.2. The number of benzene rings is 2. The largest absolute Gasteiger partial charge is 0.243 e. The number of rotatable bonds is 3. The molecule has 0 aromatic heterocycles. The van der Waals surface area contributed by atoms with E-state index in [4.69, 9.17) is 0 Å². The smallest absolute Gasteiger partial charge is 0.207 e. The fraction of sp³-hybridized carbons (Fsp3) is 0.300. The van der Waals surface area contributed by atoms with Crippen molar-refractivity contribution < 1.29 is 8.42 Å². The topological polar surface area (TPSA) is 37.4 Å². The number of sulfonamides is 1. The van der Waals surface area contributed by atoms with Crippen LogP contribution in [0.15, 0.2) is 65.6 Å². The molecule has 126 valence electrons. The van der Waals surface area contributed by atoms with E-state index in [0.717, 1.165) is 17.6 Å². The third-order valence-electron chi connectivity index (χ3n) is 4.57. The van der Waals surface area contributed by atoms with E-state index in [1.54, 1.807) is 16.4 Å². The van der Waals surface area contributed by atoms with Crippen molar-refractivity contribution in [2.45, 2.75) is 31.1 Å². The molecule has 1 heterocycles. The maximum absolute atomic E-state index is 13.0. The summed E-state index contributed by atoms with van der Waals surface area (Å²) >= 11 is 0. The Kier molecular flexibility index (Phi) is 4.61. The molecule has 4 heteroatoms. The van der Waals surface area contributed by atoms with Crippen molar-refractivity contribution >= 4 is 10.0 Å². The summed E-state index contributed by atoms with van der Waals surface area (Å²) < 4.78 is 27.5. The van der Waals surface area contributed by atoms with Gasteiger partial charge in [0.25, 0.3) is 0 Å². The zero-order chi connectivity index (χ0) is 17.3. The molecule has 0 aliphatic carbocycles. The van der Waals surface area contributed by atoms with E-state index in [1.165, 1.54) is 11.1 Å². The second kappa shape index (κ2) is 6.54. The first kappa shape index (κ1) is 16.9. The van der Waals surface area contributed by atoms with Crippen LogP contribution in [0.25, 0.3) is 0 Å². The molecular formula is C20H23NO2S. The number of nitrogens with zero attached hydrogens (tertiary/aromatic N) is 1. The van der Waals surface area contributed by atoms with E-state index >= 15 is 0 Å². The van der Waals surface area contributed by atoms with E-state index < -0.39 is 10.0 Å². The summed E-state index contributed by atoms with van der Waals surface area (Å²) in [4.78, 5) is 0.352. The highest BCUT2D eigenvalue weighted by Crippen LogP contribution is 2.32. The van der Waals surface area contributed by atoms with E-state index in [-0.39, 0.29) is 5.92 Å². The molecule has 1 saturated heterocycles. The Morgan fingerprint density at radius 1 is 0.958 bits per heavy atom. The second-order valence-electron chi connectivity index (χ2n) is 6.67. The third kappa shape index (κ3) is 3.45. The molecule has 1 fully saturated rings. The van der Waals surface area contributed by atoms with Gasteiger partial charge < -0.3 is 0 Å². The number of piperidine rings is 1. The van der Waals surface area contributed by atoms with Gasteiger partial charge >= 0.3 is 0 Å². The standard InChI is InChI=1S/C20H23NO2S/c1-15-4-8-18(9-5-15)19-12-17(3)13-21(14-19)24(22,23)20-10-6-16(2)7-11-20/h4-11,19H,3,12-14H2,1-2H3. The fourth-order valence-electron chi connectivity index (χ4n) is 3.14. The van der Waals surface area contributed by atoms with Gasteiger partial charge in [-0.15, -0.1) is 0 Å². The quantitative estimate of drug-likeness (QED) is 0.790. The first-order valence-corrected chi connectivity index (χ1v) is 9.60.